The molecule has 0 aromatic carbocycles. The predicted molar refractivity (Wildman–Crippen MR) is 58.8 cm³/mol. The number of rotatable bonds is 3. The molecular formula is C9H10F2N2S2. The summed E-state index contributed by atoms with van der Waals surface area (Å²) in [6.07, 6.45) is 1.73. The second-order valence-electron chi connectivity index (χ2n) is 3.44. The Morgan fingerprint density at radius 1 is 1.60 bits per heavy atom. The van der Waals surface area contributed by atoms with Gasteiger partial charge in [-0.25, -0.2) is 18.7 Å². The molecule has 2 nitrogen and oxygen atoms in total. The Bertz CT molecular complexity index is 362. The minimum atomic E-state index is -2.61. The van der Waals surface area contributed by atoms with Crippen molar-refractivity contribution in [3.05, 3.63) is 17.6 Å². The van der Waals surface area contributed by atoms with Crippen molar-refractivity contribution in [1.82, 2.24) is 9.97 Å². The second-order valence-corrected chi connectivity index (χ2v) is 4.58. The highest BCUT2D eigenvalue weighted by Crippen LogP contribution is 2.54. The first kappa shape index (κ1) is 11.1. The van der Waals surface area contributed by atoms with Crippen molar-refractivity contribution in [2.75, 3.05) is 6.26 Å². The van der Waals surface area contributed by atoms with Crippen LogP contribution in [-0.4, -0.2) is 22.1 Å². The molecule has 1 heterocycles. The van der Waals surface area contributed by atoms with Gasteiger partial charge in [-0.15, -0.1) is 11.8 Å². The monoisotopic (exact) mass is 248 g/mol. The van der Waals surface area contributed by atoms with E-state index in [1.54, 1.807) is 6.07 Å². The molecule has 15 heavy (non-hydrogen) atoms. The normalized spacial score (nSPS) is 22.8. The smallest absolute Gasteiger partial charge is 0.236 e. The summed E-state index contributed by atoms with van der Waals surface area (Å²) in [5, 5.41) is 0.728. The van der Waals surface area contributed by atoms with Crippen molar-refractivity contribution >= 4 is 24.4 Å². The zero-order valence-corrected chi connectivity index (χ0v) is 9.79. The first-order chi connectivity index (χ1) is 7.06. The van der Waals surface area contributed by atoms with Crippen LogP contribution in [0.3, 0.4) is 0 Å². The summed E-state index contributed by atoms with van der Waals surface area (Å²) in [7, 11) is 0. The Hall–Kier alpha value is -0.360. The molecule has 0 radical (unpaired) electrons. The van der Waals surface area contributed by atoms with Gasteiger partial charge in [0.15, 0.2) is 0 Å². The molecular weight excluding hydrogens is 238 g/mol. The molecule has 1 fully saturated rings. The van der Waals surface area contributed by atoms with Gasteiger partial charge in [0, 0.05) is 12.2 Å². The SMILES string of the molecule is CSc1cc(CS)nc(C2CC2(F)F)n1. The Morgan fingerprint density at radius 2 is 2.27 bits per heavy atom. The third kappa shape index (κ3) is 2.25. The third-order valence-corrected chi connectivity index (χ3v) is 3.23. The topological polar surface area (TPSA) is 25.8 Å². The standard InChI is InChI=1S/C9H10F2N2S2/c1-15-7-2-5(4-14)12-8(13-7)6-3-9(6,10)11/h2,6,14H,3-4H2,1H3. The van der Waals surface area contributed by atoms with Gasteiger partial charge in [-0.05, 0) is 12.3 Å². The lowest BCUT2D eigenvalue weighted by Gasteiger charge is -2.04. The van der Waals surface area contributed by atoms with E-state index in [9.17, 15) is 8.78 Å². The summed E-state index contributed by atoms with van der Waals surface area (Å²) in [6, 6.07) is 1.78. The van der Waals surface area contributed by atoms with Crippen molar-refractivity contribution in [2.45, 2.75) is 29.0 Å². The molecule has 6 heteroatoms. The molecule has 1 unspecified atom stereocenters. The molecule has 2 rings (SSSR count). The van der Waals surface area contributed by atoms with Crippen LogP contribution in [0.1, 0.15) is 23.9 Å². The van der Waals surface area contributed by atoms with Crippen LogP contribution in [0.4, 0.5) is 8.78 Å². The summed E-state index contributed by atoms with van der Waals surface area (Å²) in [5.41, 5.74) is 0.704. The maximum Gasteiger partial charge on any atom is 0.259 e. The lowest BCUT2D eigenvalue weighted by atomic mass is 10.3. The Morgan fingerprint density at radius 3 is 2.73 bits per heavy atom. The Labute approximate surface area is 96.3 Å². The van der Waals surface area contributed by atoms with E-state index in [2.05, 4.69) is 22.6 Å². The van der Waals surface area contributed by atoms with E-state index in [4.69, 9.17) is 0 Å². The second kappa shape index (κ2) is 3.90. The lowest BCUT2D eigenvalue weighted by molar-refractivity contribution is 0.110. The number of alkyl halides is 2. The highest BCUT2D eigenvalue weighted by atomic mass is 32.2. The summed E-state index contributed by atoms with van der Waals surface area (Å²) < 4.78 is 25.7. The molecule has 1 saturated carbocycles. The number of hydrogen-bond donors (Lipinski definition) is 1. The van der Waals surface area contributed by atoms with Gasteiger partial charge in [-0.3, -0.25) is 0 Å². The van der Waals surface area contributed by atoms with Crippen LogP contribution in [-0.2, 0) is 5.75 Å². The van der Waals surface area contributed by atoms with Crippen LogP contribution in [0.2, 0.25) is 0 Å². The Kier molecular flexibility index (Phi) is 2.89. The van der Waals surface area contributed by atoms with Crippen LogP contribution < -0.4 is 0 Å². The molecule has 1 aliphatic carbocycles. The van der Waals surface area contributed by atoms with E-state index < -0.39 is 11.8 Å². The van der Waals surface area contributed by atoms with Gasteiger partial charge in [0.2, 0.25) is 0 Å². The summed E-state index contributed by atoms with van der Waals surface area (Å²) in [5.74, 6) is -2.69. The molecule has 0 saturated heterocycles. The third-order valence-electron chi connectivity index (χ3n) is 2.28. The molecule has 1 aromatic rings. The van der Waals surface area contributed by atoms with E-state index in [-0.39, 0.29) is 12.2 Å². The zero-order chi connectivity index (χ0) is 11.1. The number of halogens is 2. The van der Waals surface area contributed by atoms with E-state index in [1.165, 1.54) is 11.8 Å². The first-order valence-electron chi connectivity index (χ1n) is 4.47. The highest BCUT2D eigenvalue weighted by molar-refractivity contribution is 7.98. The summed E-state index contributed by atoms with van der Waals surface area (Å²) in [4.78, 5) is 8.17. The maximum absolute atomic E-state index is 12.8. The van der Waals surface area contributed by atoms with Crippen molar-refractivity contribution in [3.8, 4) is 0 Å². The fraction of sp³-hybridized carbons (Fsp3) is 0.556. The molecule has 82 valence electrons. The largest absolute Gasteiger partial charge is 0.259 e. The fourth-order valence-electron chi connectivity index (χ4n) is 1.33. The van der Waals surface area contributed by atoms with Crippen LogP contribution >= 0.6 is 24.4 Å². The average Bonchev–Trinajstić information content (AvgIpc) is 2.87. The van der Waals surface area contributed by atoms with E-state index >= 15 is 0 Å². The quantitative estimate of drug-likeness (QED) is 0.506. The minimum Gasteiger partial charge on any atom is -0.236 e. The number of hydrogen-bond acceptors (Lipinski definition) is 4. The molecule has 0 bridgehead atoms. The van der Waals surface area contributed by atoms with Crippen LogP contribution in [0.5, 0.6) is 0 Å². The zero-order valence-electron chi connectivity index (χ0n) is 8.07. The summed E-state index contributed by atoms with van der Waals surface area (Å²) >= 11 is 5.52. The lowest BCUT2D eigenvalue weighted by Crippen LogP contribution is -2.02. The van der Waals surface area contributed by atoms with E-state index in [0.717, 1.165) is 5.03 Å². The van der Waals surface area contributed by atoms with Crippen LogP contribution in [0.25, 0.3) is 0 Å². The highest BCUT2D eigenvalue weighted by Gasteiger charge is 2.59. The van der Waals surface area contributed by atoms with Gasteiger partial charge in [0.25, 0.3) is 5.92 Å². The minimum absolute atomic E-state index is 0.128. The first-order valence-corrected chi connectivity index (χ1v) is 6.33. The van der Waals surface area contributed by atoms with Gasteiger partial charge in [0.05, 0.1) is 16.6 Å². The van der Waals surface area contributed by atoms with E-state index in [1.807, 2.05) is 6.26 Å². The molecule has 0 amide bonds. The molecule has 1 aromatic heterocycles. The van der Waals surface area contributed by atoms with E-state index in [0.29, 0.717) is 11.4 Å². The van der Waals surface area contributed by atoms with Gasteiger partial charge in [-0.1, -0.05) is 0 Å². The van der Waals surface area contributed by atoms with Gasteiger partial charge < -0.3 is 0 Å². The number of thiol groups is 1. The molecule has 0 spiro atoms. The van der Waals surface area contributed by atoms with Gasteiger partial charge in [0.1, 0.15) is 5.82 Å². The number of nitrogens with zero attached hydrogens (tertiary/aromatic N) is 2. The average molecular weight is 248 g/mol. The number of aromatic nitrogens is 2. The van der Waals surface area contributed by atoms with Crippen LogP contribution in [0.15, 0.2) is 11.1 Å². The van der Waals surface area contributed by atoms with Crippen molar-refractivity contribution in [2.24, 2.45) is 0 Å². The summed E-state index contributed by atoms with van der Waals surface area (Å²) in [6.45, 7) is 0. The Balaban J connectivity index is 2.31. The molecule has 1 atom stereocenters. The molecule has 0 aliphatic heterocycles. The maximum atomic E-state index is 12.8. The van der Waals surface area contributed by atoms with Crippen LogP contribution in [0, 0.1) is 0 Å². The van der Waals surface area contributed by atoms with Crippen molar-refractivity contribution < 1.29 is 8.78 Å². The predicted octanol–water partition coefficient (Wildman–Crippen LogP) is 2.75. The van der Waals surface area contributed by atoms with Crippen molar-refractivity contribution in [1.29, 1.82) is 0 Å². The van der Waals surface area contributed by atoms with Crippen molar-refractivity contribution in [3.63, 3.8) is 0 Å². The molecule has 1 aliphatic rings. The van der Waals surface area contributed by atoms with Gasteiger partial charge in [-0.2, -0.15) is 12.6 Å². The van der Waals surface area contributed by atoms with Gasteiger partial charge >= 0.3 is 0 Å². The molecule has 0 N–H and O–H groups in total. The fourth-order valence-corrected chi connectivity index (χ4v) is 1.93. The number of thioether (sulfide) groups is 1.